The van der Waals surface area contributed by atoms with Crippen molar-refractivity contribution in [3.63, 3.8) is 0 Å². The van der Waals surface area contributed by atoms with E-state index >= 15 is 0 Å². The van der Waals surface area contributed by atoms with E-state index in [1.165, 1.54) is 31.7 Å². The van der Waals surface area contributed by atoms with Gasteiger partial charge in [0.15, 0.2) is 0 Å². The van der Waals surface area contributed by atoms with Gasteiger partial charge in [-0.15, -0.1) is 0 Å². The average Bonchev–Trinajstić information content (AvgIpc) is 2.91. The monoisotopic (exact) mass is 278 g/mol. The predicted molar refractivity (Wildman–Crippen MR) is 82.0 cm³/mol. The van der Waals surface area contributed by atoms with E-state index in [0.717, 1.165) is 13.1 Å². The van der Waals surface area contributed by atoms with E-state index in [2.05, 4.69) is 18.7 Å². The number of rotatable bonds is 6. The van der Waals surface area contributed by atoms with Crippen molar-refractivity contribution in [1.29, 1.82) is 0 Å². The molecule has 0 saturated heterocycles. The van der Waals surface area contributed by atoms with Gasteiger partial charge in [0, 0.05) is 30.7 Å². The van der Waals surface area contributed by atoms with E-state index in [9.17, 15) is 4.39 Å². The van der Waals surface area contributed by atoms with Crippen molar-refractivity contribution >= 4 is 0 Å². The van der Waals surface area contributed by atoms with Gasteiger partial charge in [0.2, 0.25) is 0 Å². The van der Waals surface area contributed by atoms with E-state index in [1.54, 1.807) is 6.07 Å². The highest BCUT2D eigenvalue weighted by atomic mass is 19.1. The van der Waals surface area contributed by atoms with Crippen molar-refractivity contribution in [3.8, 4) is 0 Å². The summed E-state index contributed by atoms with van der Waals surface area (Å²) in [5.41, 5.74) is 6.90. The zero-order valence-electron chi connectivity index (χ0n) is 12.7. The van der Waals surface area contributed by atoms with Gasteiger partial charge in [-0.1, -0.05) is 44.9 Å². The SMILES string of the molecule is CC(C)CN(CC(N)c1ccccc1F)C1CCCC1. The molecule has 1 unspecified atom stereocenters. The summed E-state index contributed by atoms with van der Waals surface area (Å²) >= 11 is 0. The van der Waals surface area contributed by atoms with Crippen LogP contribution >= 0.6 is 0 Å². The minimum absolute atomic E-state index is 0.184. The standard InChI is InChI=1S/C17H27FN2/c1-13(2)11-20(14-7-3-4-8-14)12-17(19)15-9-5-6-10-16(15)18/h5-6,9-10,13-14,17H,3-4,7-8,11-12,19H2,1-2H3. The molecule has 2 N–H and O–H groups in total. The molecule has 1 saturated carbocycles. The molecule has 0 radical (unpaired) electrons. The lowest BCUT2D eigenvalue weighted by Gasteiger charge is -2.32. The van der Waals surface area contributed by atoms with Gasteiger partial charge in [0.05, 0.1) is 0 Å². The van der Waals surface area contributed by atoms with Crippen molar-refractivity contribution in [2.45, 2.75) is 51.6 Å². The van der Waals surface area contributed by atoms with E-state index in [1.807, 2.05) is 12.1 Å². The lowest BCUT2D eigenvalue weighted by molar-refractivity contribution is 0.166. The van der Waals surface area contributed by atoms with E-state index in [-0.39, 0.29) is 11.9 Å². The topological polar surface area (TPSA) is 29.3 Å². The van der Waals surface area contributed by atoms with Gasteiger partial charge in [-0.05, 0) is 24.8 Å². The first kappa shape index (κ1) is 15.5. The molecular weight excluding hydrogens is 251 g/mol. The summed E-state index contributed by atoms with van der Waals surface area (Å²) in [6.45, 7) is 6.27. The second-order valence-corrected chi connectivity index (χ2v) is 6.41. The van der Waals surface area contributed by atoms with Crippen LogP contribution < -0.4 is 5.73 Å². The number of benzene rings is 1. The van der Waals surface area contributed by atoms with Gasteiger partial charge in [0.25, 0.3) is 0 Å². The third-order valence-electron chi connectivity index (χ3n) is 4.18. The van der Waals surface area contributed by atoms with Crippen LogP contribution in [0.5, 0.6) is 0 Å². The van der Waals surface area contributed by atoms with Crippen LogP contribution in [0.4, 0.5) is 4.39 Å². The molecule has 1 aromatic carbocycles. The molecule has 1 aliphatic rings. The predicted octanol–water partition coefficient (Wildman–Crippen LogP) is 3.73. The van der Waals surface area contributed by atoms with Crippen molar-refractivity contribution in [1.82, 2.24) is 4.90 Å². The van der Waals surface area contributed by atoms with Gasteiger partial charge in [-0.2, -0.15) is 0 Å². The summed E-state index contributed by atoms with van der Waals surface area (Å²) < 4.78 is 13.8. The Hall–Kier alpha value is -0.930. The maximum absolute atomic E-state index is 13.8. The Balaban J connectivity index is 2.04. The fourth-order valence-electron chi connectivity index (χ4n) is 3.24. The summed E-state index contributed by atoms with van der Waals surface area (Å²) in [6.07, 6.45) is 5.15. The number of hydrogen-bond acceptors (Lipinski definition) is 2. The summed E-state index contributed by atoms with van der Waals surface area (Å²) in [4.78, 5) is 2.48. The van der Waals surface area contributed by atoms with Gasteiger partial charge < -0.3 is 5.73 Å². The second-order valence-electron chi connectivity index (χ2n) is 6.41. The molecule has 2 rings (SSSR count). The molecule has 1 atom stereocenters. The molecule has 1 aromatic rings. The third-order valence-corrected chi connectivity index (χ3v) is 4.18. The lowest BCUT2D eigenvalue weighted by Crippen LogP contribution is -2.41. The molecular formula is C17H27FN2. The number of hydrogen-bond donors (Lipinski definition) is 1. The minimum atomic E-state index is -0.240. The number of nitrogens with zero attached hydrogens (tertiary/aromatic N) is 1. The Kier molecular flexibility index (Phi) is 5.55. The molecule has 0 spiro atoms. The molecule has 112 valence electrons. The van der Waals surface area contributed by atoms with Crippen LogP contribution in [0.1, 0.15) is 51.1 Å². The number of halogens is 1. The van der Waals surface area contributed by atoms with E-state index in [0.29, 0.717) is 17.5 Å². The zero-order chi connectivity index (χ0) is 14.5. The van der Waals surface area contributed by atoms with Gasteiger partial charge in [-0.25, -0.2) is 4.39 Å². The van der Waals surface area contributed by atoms with Crippen molar-refractivity contribution in [3.05, 3.63) is 35.6 Å². The molecule has 0 heterocycles. The molecule has 1 aliphatic carbocycles. The fourth-order valence-corrected chi connectivity index (χ4v) is 3.24. The lowest BCUT2D eigenvalue weighted by atomic mass is 10.0. The first-order chi connectivity index (χ1) is 9.58. The van der Waals surface area contributed by atoms with Crippen LogP contribution in [-0.2, 0) is 0 Å². The zero-order valence-corrected chi connectivity index (χ0v) is 12.7. The third kappa shape index (κ3) is 4.03. The molecule has 1 fully saturated rings. The quantitative estimate of drug-likeness (QED) is 0.859. The Bertz CT molecular complexity index is 413. The molecule has 0 bridgehead atoms. The molecule has 20 heavy (non-hydrogen) atoms. The smallest absolute Gasteiger partial charge is 0.128 e. The Labute approximate surface area is 122 Å². The Morgan fingerprint density at radius 3 is 2.45 bits per heavy atom. The van der Waals surface area contributed by atoms with Crippen LogP contribution in [0, 0.1) is 11.7 Å². The molecule has 0 amide bonds. The number of nitrogens with two attached hydrogens (primary N) is 1. The Morgan fingerprint density at radius 1 is 1.20 bits per heavy atom. The first-order valence-corrected chi connectivity index (χ1v) is 7.82. The molecule has 3 heteroatoms. The maximum atomic E-state index is 13.8. The fraction of sp³-hybridized carbons (Fsp3) is 0.647. The summed E-state index contributed by atoms with van der Waals surface area (Å²) in [5.74, 6) is 0.430. The van der Waals surface area contributed by atoms with E-state index in [4.69, 9.17) is 5.73 Å². The summed E-state index contributed by atoms with van der Waals surface area (Å²) in [7, 11) is 0. The highest BCUT2D eigenvalue weighted by Gasteiger charge is 2.25. The van der Waals surface area contributed by atoms with Crippen molar-refractivity contribution in [2.24, 2.45) is 11.7 Å². The highest BCUT2D eigenvalue weighted by molar-refractivity contribution is 5.21. The highest BCUT2D eigenvalue weighted by Crippen LogP contribution is 2.26. The second kappa shape index (κ2) is 7.19. The Morgan fingerprint density at radius 2 is 1.85 bits per heavy atom. The minimum Gasteiger partial charge on any atom is -0.323 e. The van der Waals surface area contributed by atoms with Gasteiger partial charge in [-0.3, -0.25) is 4.90 Å². The van der Waals surface area contributed by atoms with Crippen LogP contribution in [0.15, 0.2) is 24.3 Å². The largest absolute Gasteiger partial charge is 0.323 e. The maximum Gasteiger partial charge on any atom is 0.128 e. The van der Waals surface area contributed by atoms with Crippen molar-refractivity contribution in [2.75, 3.05) is 13.1 Å². The summed E-state index contributed by atoms with van der Waals surface area (Å²) in [5, 5.41) is 0. The molecule has 0 aliphatic heterocycles. The van der Waals surface area contributed by atoms with Crippen LogP contribution in [0.25, 0.3) is 0 Å². The van der Waals surface area contributed by atoms with Crippen molar-refractivity contribution < 1.29 is 4.39 Å². The van der Waals surface area contributed by atoms with Crippen LogP contribution in [-0.4, -0.2) is 24.0 Å². The van der Waals surface area contributed by atoms with Crippen LogP contribution in [0.3, 0.4) is 0 Å². The van der Waals surface area contributed by atoms with Gasteiger partial charge in [0.1, 0.15) is 5.82 Å². The molecule has 2 nitrogen and oxygen atoms in total. The summed E-state index contributed by atoms with van der Waals surface area (Å²) in [6, 6.07) is 7.28. The average molecular weight is 278 g/mol. The van der Waals surface area contributed by atoms with Crippen LogP contribution in [0.2, 0.25) is 0 Å². The first-order valence-electron chi connectivity index (χ1n) is 7.82. The van der Waals surface area contributed by atoms with E-state index < -0.39 is 0 Å². The molecule has 0 aromatic heterocycles. The van der Waals surface area contributed by atoms with Gasteiger partial charge >= 0.3 is 0 Å². The normalized spacial score (nSPS) is 18.1.